The van der Waals surface area contributed by atoms with Crippen LogP contribution in [0.5, 0.6) is 0 Å². The number of alkyl halides is 3. The number of carbonyl (C=O) groups is 1. The average molecular weight is 310 g/mol. The average Bonchev–Trinajstić information content (AvgIpc) is 3.05. The number of H-pyrrole nitrogens is 1. The highest BCUT2D eigenvalue weighted by atomic mass is 19.4. The second kappa shape index (κ2) is 4.58. The molecule has 0 aliphatic carbocycles. The number of aromatic nitrogens is 4. The van der Waals surface area contributed by atoms with Crippen LogP contribution in [-0.4, -0.2) is 30.7 Å². The molecule has 0 atom stereocenters. The SMILES string of the molecule is Cc1c(C(=O)O)nc2c(C(F)(F)F)cc(-c3cn[nH]c3)cn12. The van der Waals surface area contributed by atoms with Crippen molar-refractivity contribution in [2.24, 2.45) is 0 Å². The number of hydrogen-bond donors (Lipinski definition) is 2. The standard InChI is InChI=1S/C13H9F3N4O2/c1-6-10(12(21)22)19-11-9(13(14,15)16)2-7(5-20(6)11)8-3-17-18-4-8/h2-5H,1H3,(H,17,18)(H,21,22). The molecule has 0 aromatic carbocycles. The number of pyridine rings is 1. The Hall–Kier alpha value is -2.84. The van der Waals surface area contributed by atoms with E-state index < -0.39 is 29.1 Å². The molecule has 9 heteroatoms. The molecule has 22 heavy (non-hydrogen) atoms. The van der Waals surface area contributed by atoms with E-state index in [9.17, 15) is 18.0 Å². The number of aromatic amines is 1. The molecule has 0 aliphatic heterocycles. The molecule has 0 amide bonds. The monoisotopic (exact) mass is 310 g/mol. The van der Waals surface area contributed by atoms with Gasteiger partial charge in [0, 0.05) is 23.5 Å². The molecule has 0 saturated carbocycles. The van der Waals surface area contributed by atoms with Crippen LogP contribution in [0.15, 0.2) is 24.7 Å². The zero-order valence-electron chi connectivity index (χ0n) is 11.1. The van der Waals surface area contributed by atoms with Crippen molar-refractivity contribution in [2.45, 2.75) is 13.1 Å². The van der Waals surface area contributed by atoms with Gasteiger partial charge >= 0.3 is 12.1 Å². The molecule has 0 fully saturated rings. The summed E-state index contributed by atoms with van der Waals surface area (Å²) in [6.45, 7) is 1.41. The van der Waals surface area contributed by atoms with Crippen LogP contribution in [0.4, 0.5) is 13.2 Å². The van der Waals surface area contributed by atoms with E-state index in [-0.39, 0.29) is 11.3 Å². The third-order valence-electron chi connectivity index (χ3n) is 3.30. The summed E-state index contributed by atoms with van der Waals surface area (Å²) in [6.07, 6.45) is -0.420. The Morgan fingerprint density at radius 2 is 2.09 bits per heavy atom. The second-order valence-electron chi connectivity index (χ2n) is 4.67. The summed E-state index contributed by atoms with van der Waals surface area (Å²) >= 11 is 0. The van der Waals surface area contributed by atoms with Crippen molar-refractivity contribution in [3.05, 3.63) is 41.6 Å². The lowest BCUT2D eigenvalue weighted by atomic mass is 10.1. The fraction of sp³-hybridized carbons (Fsp3) is 0.154. The van der Waals surface area contributed by atoms with Crippen molar-refractivity contribution < 1.29 is 23.1 Å². The molecule has 0 bridgehead atoms. The third-order valence-corrected chi connectivity index (χ3v) is 3.30. The first-order chi connectivity index (χ1) is 10.3. The van der Waals surface area contributed by atoms with Crippen molar-refractivity contribution in [1.29, 1.82) is 0 Å². The Morgan fingerprint density at radius 3 is 2.64 bits per heavy atom. The Bertz CT molecular complexity index is 866. The van der Waals surface area contributed by atoms with Gasteiger partial charge in [-0.2, -0.15) is 18.3 Å². The number of aryl methyl sites for hydroxylation is 1. The molecule has 3 rings (SSSR count). The third kappa shape index (κ3) is 2.10. The van der Waals surface area contributed by atoms with Crippen LogP contribution in [-0.2, 0) is 6.18 Å². The maximum absolute atomic E-state index is 13.3. The quantitative estimate of drug-likeness (QED) is 0.762. The molecular formula is C13H9F3N4O2. The van der Waals surface area contributed by atoms with Gasteiger partial charge in [0.2, 0.25) is 0 Å². The zero-order chi connectivity index (χ0) is 16.1. The molecule has 0 aliphatic rings. The van der Waals surface area contributed by atoms with E-state index in [4.69, 9.17) is 5.11 Å². The van der Waals surface area contributed by atoms with Gasteiger partial charge < -0.3 is 9.51 Å². The van der Waals surface area contributed by atoms with Gasteiger partial charge in [0.05, 0.1) is 17.5 Å². The van der Waals surface area contributed by atoms with Crippen LogP contribution in [0.25, 0.3) is 16.8 Å². The molecule has 0 radical (unpaired) electrons. The molecule has 6 nitrogen and oxygen atoms in total. The van der Waals surface area contributed by atoms with Crippen LogP contribution in [0.2, 0.25) is 0 Å². The van der Waals surface area contributed by atoms with E-state index in [0.29, 0.717) is 5.56 Å². The second-order valence-corrected chi connectivity index (χ2v) is 4.67. The number of aromatic carboxylic acids is 1. The lowest BCUT2D eigenvalue weighted by Gasteiger charge is -2.10. The number of nitrogens with one attached hydrogen (secondary N) is 1. The number of halogens is 3. The van der Waals surface area contributed by atoms with Crippen LogP contribution in [0.3, 0.4) is 0 Å². The molecule has 3 aromatic heterocycles. The maximum Gasteiger partial charge on any atom is 0.420 e. The first-order valence-electron chi connectivity index (χ1n) is 6.11. The highest BCUT2D eigenvalue weighted by molar-refractivity contribution is 5.88. The molecule has 3 aromatic rings. The number of fused-ring (bicyclic) bond motifs is 1. The zero-order valence-corrected chi connectivity index (χ0v) is 11.1. The van der Waals surface area contributed by atoms with E-state index in [2.05, 4.69) is 15.2 Å². The van der Waals surface area contributed by atoms with E-state index >= 15 is 0 Å². The summed E-state index contributed by atoms with van der Waals surface area (Å²) in [4.78, 5) is 14.7. The molecule has 3 heterocycles. The van der Waals surface area contributed by atoms with Crippen molar-refractivity contribution >= 4 is 11.6 Å². The van der Waals surface area contributed by atoms with Crippen molar-refractivity contribution in [2.75, 3.05) is 0 Å². The minimum Gasteiger partial charge on any atom is -0.476 e. The van der Waals surface area contributed by atoms with Crippen molar-refractivity contribution in [3.8, 4) is 11.1 Å². The molecular weight excluding hydrogens is 301 g/mol. The topological polar surface area (TPSA) is 83.3 Å². The van der Waals surface area contributed by atoms with Crippen LogP contribution < -0.4 is 0 Å². The maximum atomic E-state index is 13.3. The van der Waals surface area contributed by atoms with Gasteiger partial charge in [-0.25, -0.2) is 9.78 Å². The normalized spacial score (nSPS) is 12.0. The van der Waals surface area contributed by atoms with Crippen LogP contribution in [0.1, 0.15) is 21.7 Å². The summed E-state index contributed by atoms with van der Waals surface area (Å²) < 4.78 is 40.9. The molecule has 2 N–H and O–H groups in total. The minimum absolute atomic E-state index is 0.123. The predicted octanol–water partition coefficient (Wildman–Crippen LogP) is 2.75. The number of imidazole rings is 1. The van der Waals surface area contributed by atoms with Gasteiger partial charge in [0.1, 0.15) is 5.65 Å². The summed E-state index contributed by atoms with van der Waals surface area (Å²) in [6, 6.07) is 0.929. The summed E-state index contributed by atoms with van der Waals surface area (Å²) in [5.41, 5.74) is -1.01. The number of hydrogen-bond acceptors (Lipinski definition) is 3. The largest absolute Gasteiger partial charge is 0.476 e. The van der Waals surface area contributed by atoms with E-state index in [1.54, 1.807) is 0 Å². The smallest absolute Gasteiger partial charge is 0.420 e. The number of carboxylic acids is 1. The number of carboxylic acid groups (broad SMARTS) is 1. The van der Waals surface area contributed by atoms with Crippen LogP contribution >= 0.6 is 0 Å². The molecule has 0 saturated heterocycles. The van der Waals surface area contributed by atoms with Crippen molar-refractivity contribution in [3.63, 3.8) is 0 Å². The fourth-order valence-corrected chi connectivity index (χ4v) is 2.24. The summed E-state index contributed by atoms with van der Waals surface area (Å²) in [7, 11) is 0. The summed E-state index contributed by atoms with van der Waals surface area (Å²) in [5, 5.41) is 15.3. The van der Waals surface area contributed by atoms with Gasteiger partial charge in [-0.15, -0.1) is 0 Å². The molecule has 114 valence electrons. The minimum atomic E-state index is -4.66. The van der Waals surface area contributed by atoms with E-state index in [1.807, 2.05) is 0 Å². The van der Waals surface area contributed by atoms with Gasteiger partial charge in [-0.1, -0.05) is 0 Å². The van der Waals surface area contributed by atoms with Crippen LogP contribution in [0, 0.1) is 6.92 Å². The highest BCUT2D eigenvalue weighted by Gasteiger charge is 2.35. The van der Waals surface area contributed by atoms with Gasteiger partial charge in [0.25, 0.3) is 0 Å². The Morgan fingerprint density at radius 1 is 1.36 bits per heavy atom. The highest BCUT2D eigenvalue weighted by Crippen LogP contribution is 2.35. The molecule has 0 unspecified atom stereocenters. The first kappa shape index (κ1) is 14.1. The van der Waals surface area contributed by atoms with E-state index in [1.165, 1.54) is 25.5 Å². The lowest BCUT2D eigenvalue weighted by molar-refractivity contribution is -0.136. The van der Waals surface area contributed by atoms with Gasteiger partial charge in [-0.3, -0.25) is 5.10 Å². The summed E-state index contributed by atoms with van der Waals surface area (Å²) in [5.74, 6) is -1.38. The Balaban J connectivity index is 2.39. The fourth-order valence-electron chi connectivity index (χ4n) is 2.24. The number of rotatable bonds is 2. The first-order valence-corrected chi connectivity index (χ1v) is 6.11. The van der Waals surface area contributed by atoms with Gasteiger partial charge in [-0.05, 0) is 13.0 Å². The lowest BCUT2D eigenvalue weighted by Crippen LogP contribution is -2.08. The van der Waals surface area contributed by atoms with E-state index in [0.717, 1.165) is 10.5 Å². The van der Waals surface area contributed by atoms with Gasteiger partial charge in [0.15, 0.2) is 5.69 Å². The molecule has 0 spiro atoms. The predicted molar refractivity (Wildman–Crippen MR) is 69.5 cm³/mol. The number of nitrogens with zero attached hydrogens (tertiary/aromatic N) is 3. The van der Waals surface area contributed by atoms with Crippen molar-refractivity contribution in [1.82, 2.24) is 19.6 Å². The Labute approximate surface area is 121 Å². The Kier molecular flexibility index (Phi) is 2.94.